The van der Waals surface area contributed by atoms with Crippen LogP contribution in [-0.4, -0.2) is 37.0 Å². The Morgan fingerprint density at radius 3 is 2.39 bits per heavy atom. The van der Waals surface area contributed by atoms with Crippen LogP contribution in [0.1, 0.15) is 16.7 Å². The predicted molar refractivity (Wildman–Crippen MR) is 92.3 cm³/mol. The van der Waals surface area contributed by atoms with Gasteiger partial charge in [-0.15, -0.1) is 0 Å². The van der Waals surface area contributed by atoms with Gasteiger partial charge in [0, 0.05) is 5.56 Å². The maximum atomic E-state index is 12.4. The Balaban J connectivity index is 1.49. The molecule has 1 saturated heterocycles. The fraction of sp³-hybridized carbons (Fsp3) is 0.350. The number of aryl methyl sites for hydroxylation is 1. The minimum atomic E-state index is 0.255. The van der Waals surface area contributed by atoms with Gasteiger partial charge >= 0.3 is 0 Å². The van der Waals surface area contributed by atoms with Crippen LogP contribution in [0.2, 0.25) is 0 Å². The third-order valence-electron chi connectivity index (χ3n) is 4.56. The average Bonchev–Trinajstić information content (AvgIpc) is 2.56. The van der Waals surface area contributed by atoms with Crippen LogP contribution in [0.3, 0.4) is 0 Å². The number of nitrogens with zero attached hydrogens (tertiary/aromatic N) is 1. The molecule has 23 heavy (non-hydrogen) atoms. The number of hydrogen-bond donors (Lipinski definition) is 1. The lowest BCUT2D eigenvalue weighted by Gasteiger charge is -2.32. The van der Waals surface area contributed by atoms with Crippen LogP contribution in [0.25, 0.3) is 0 Å². The third kappa shape index (κ3) is 4.42. The Hall–Kier alpha value is -2.13. The summed E-state index contributed by atoms with van der Waals surface area (Å²) in [5.74, 6) is 0.255. The molecule has 0 atom stereocenters. The summed E-state index contributed by atoms with van der Waals surface area (Å²) in [4.78, 5) is 16.0. The highest BCUT2D eigenvalue weighted by atomic mass is 16.2. The molecule has 1 fully saturated rings. The van der Waals surface area contributed by atoms with Crippen molar-refractivity contribution in [3.05, 3.63) is 71.3 Å². The van der Waals surface area contributed by atoms with Gasteiger partial charge in [0.15, 0.2) is 0 Å². The zero-order chi connectivity index (χ0) is 16.1. The van der Waals surface area contributed by atoms with Gasteiger partial charge in [-0.1, -0.05) is 60.2 Å². The first-order valence-corrected chi connectivity index (χ1v) is 8.41. The summed E-state index contributed by atoms with van der Waals surface area (Å²) in [6.45, 7) is 7.00. The van der Waals surface area contributed by atoms with Crippen molar-refractivity contribution in [2.75, 3.05) is 26.2 Å². The van der Waals surface area contributed by atoms with Gasteiger partial charge < -0.3 is 9.80 Å². The largest absolute Gasteiger partial charge is 0.331 e. The number of piperazine rings is 1. The van der Waals surface area contributed by atoms with Crippen LogP contribution in [-0.2, 0) is 17.8 Å². The molecule has 0 aliphatic carbocycles. The van der Waals surface area contributed by atoms with E-state index in [2.05, 4.69) is 31.2 Å². The fourth-order valence-corrected chi connectivity index (χ4v) is 3.24. The highest BCUT2D eigenvalue weighted by Crippen LogP contribution is 2.05. The quantitative estimate of drug-likeness (QED) is 0.909. The molecule has 1 aliphatic rings. The van der Waals surface area contributed by atoms with E-state index in [1.165, 1.54) is 11.1 Å². The van der Waals surface area contributed by atoms with Crippen molar-refractivity contribution in [1.29, 1.82) is 0 Å². The molecule has 1 aliphatic heterocycles. The smallest absolute Gasteiger partial charge is 0.227 e. The summed E-state index contributed by atoms with van der Waals surface area (Å²) < 4.78 is 0. The van der Waals surface area contributed by atoms with Gasteiger partial charge in [0.2, 0.25) is 5.91 Å². The van der Waals surface area contributed by atoms with Gasteiger partial charge in [0.1, 0.15) is 6.54 Å². The van der Waals surface area contributed by atoms with E-state index >= 15 is 0 Å². The first-order valence-electron chi connectivity index (χ1n) is 8.41. The first-order chi connectivity index (χ1) is 11.2. The van der Waals surface area contributed by atoms with Gasteiger partial charge in [-0.05, 0) is 12.5 Å². The van der Waals surface area contributed by atoms with Crippen molar-refractivity contribution in [2.24, 2.45) is 0 Å². The molecule has 1 heterocycles. The highest BCUT2D eigenvalue weighted by molar-refractivity contribution is 5.78. The van der Waals surface area contributed by atoms with Crippen molar-refractivity contribution in [1.82, 2.24) is 4.90 Å². The van der Waals surface area contributed by atoms with Crippen molar-refractivity contribution in [2.45, 2.75) is 19.9 Å². The Kier molecular flexibility index (Phi) is 5.09. The third-order valence-corrected chi connectivity index (χ3v) is 4.56. The summed E-state index contributed by atoms with van der Waals surface area (Å²) in [5.41, 5.74) is 3.81. The zero-order valence-electron chi connectivity index (χ0n) is 13.8. The molecule has 0 saturated carbocycles. The van der Waals surface area contributed by atoms with Gasteiger partial charge in [0.25, 0.3) is 0 Å². The summed E-state index contributed by atoms with van der Waals surface area (Å²) in [6, 6.07) is 18.8. The number of hydrogen-bond acceptors (Lipinski definition) is 1. The second-order valence-electron chi connectivity index (χ2n) is 6.46. The Morgan fingerprint density at radius 1 is 1.00 bits per heavy atom. The summed E-state index contributed by atoms with van der Waals surface area (Å²) >= 11 is 0. The molecule has 0 bridgehead atoms. The maximum absolute atomic E-state index is 12.4. The zero-order valence-corrected chi connectivity index (χ0v) is 13.8. The van der Waals surface area contributed by atoms with Crippen molar-refractivity contribution in [3.8, 4) is 0 Å². The van der Waals surface area contributed by atoms with Crippen LogP contribution in [0, 0.1) is 6.92 Å². The lowest BCUT2D eigenvalue weighted by Crippen LogP contribution is -3.13. The Bertz CT molecular complexity index is 646. The highest BCUT2D eigenvalue weighted by Gasteiger charge is 2.23. The lowest BCUT2D eigenvalue weighted by molar-refractivity contribution is -0.917. The van der Waals surface area contributed by atoms with Gasteiger partial charge in [0.05, 0.1) is 32.6 Å². The van der Waals surface area contributed by atoms with Crippen molar-refractivity contribution >= 4 is 5.91 Å². The van der Waals surface area contributed by atoms with Crippen molar-refractivity contribution < 1.29 is 9.69 Å². The number of carbonyl (C=O) groups is 1. The molecule has 3 nitrogen and oxygen atoms in total. The molecule has 3 rings (SSSR count). The van der Waals surface area contributed by atoms with Gasteiger partial charge in [-0.3, -0.25) is 4.79 Å². The van der Waals surface area contributed by atoms with Gasteiger partial charge in [-0.25, -0.2) is 0 Å². The molecule has 1 amide bonds. The SMILES string of the molecule is Cc1cccc(C[NH+]2CCN(C(=O)Cc3ccccc3)CC2)c1. The molecule has 120 valence electrons. The summed E-state index contributed by atoms with van der Waals surface area (Å²) in [7, 11) is 0. The van der Waals surface area contributed by atoms with E-state index in [1.54, 1.807) is 4.90 Å². The van der Waals surface area contributed by atoms with E-state index in [0.29, 0.717) is 6.42 Å². The lowest BCUT2D eigenvalue weighted by atomic mass is 10.1. The predicted octanol–water partition coefficient (Wildman–Crippen LogP) is 1.46. The number of rotatable bonds is 4. The number of benzene rings is 2. The van der Waals surface area contributed by atoms with E-state index in [4.69, 9.17) is 0 Å². The molecule has 3 heteroatoms. The molecular formula is C20H25N2O+. The molecule has 0 aromatic heterocycles. The number of carbonyl (C=O) groups excluding carboxylic acids is 1. The summed E-state index contributed by atoms with van der Waals surface area (Å²) in [5, 5.41) is 0. The van der Waals surface area contributed by atoms with Crippen LogP contribution < -0.4 is 4.90 Å². The molecular weight excluding hydrogens is 284 g/mol. The van der Waals surface area contributed by atoms with E-state index in [1.807, 2.05) is 35.2 Å². The maximum Gasteiger partial charge on any atom is 0.227 e. The van der Waals surface area contributed by atoms with Crippen LogP contribution in [0.4, 0.5) is 0 Å². The van der Waals surface area contributed by atoms with Gasteiger partial charge in [-0.2, -0.15) is 0 Å². The van der Waals surface area contributed by atoms with Crippen LogP contribution in [0.15, 0.2) is 54.6 Å². The number of quaternary nitrogens is 1. The monoisotopic (exact) mass is 309 g/mol. The molecule has 0 radical (unpaired) electrons. The van der Waals surface area contributed by atoms with E-state index in [9.17, 15) is 4.79 Å². The second kappa shape index (κ2) is 7.42. The molecule has 0 unspecified atom stereocenters. The fourth-order valence-electron chi connectivity index (χ4n) is 3.24. The molecule has 2 aromatic rings. The normalized spacial score (nSPS) is 15.6. The van der Waals surface area contributed by atoms with Crippen LogP contribution >= 0.6 is 0 Å². The molecule has 0 spiro atoms. The van der Waals surface area contributed by atoms with E-state index < -0.39 is 0 Å². The molecule has 1 N–H and O–H groups in total. The van der Waals surface area contributed by atoms with E-state index in [0.717, 1.165) is 38.3 Å². The Morgan fingerprint density at radius 2 is 1.70 bits per heavy atom. The average molecular weight is 309 g/mol. The Labute approximate surface area is 138 Å². The molecule has 2 aromatic carbocycles. The number of nitrogens with one attached hydrogen (secondary N) is 1. The van der Waals surface area contributed by atoms with Crippen molar-refractivity contribution in [3.63, 3.8) is 0 Å². The standard InChI is InChI=1S/C20H24N2O/c1-17-6-5-9-19(14-17)16-21-10-12-22(13-11-21)20(23)15-18-7-3-2-4-8-18/h2-9,14H,10-13,15-16H2,1H3/p+1. The van der Waals surface area contributed by atoms with E-state index in [-0.39, 0.29) is 5.91 Å². The minimum Gasteiger partial charge on any atom is -0.331 e. The number of amides is 1. The topological polar surface area (TPSA) is 24.8 Å². The van der Waals surface area contributed by atoms with Crippen LogP contribution in [0.5, 0.6) is 0 Å². The summed E-state index contributed by atoms with van der Waals surface area (Å²) in [6.07, 6.45) is 0.522. The second-order valence-corrected chi connectivity index (χ2v) is 6.46. The first kappa shape index (κ1) is 15.8. The minimum absolute atomic E-state index is 0.255.